The van der Waals surface area contributed by atoms with E-state index in [1.165, 1.54) is 18.2 Å². The first kappa shape index (κ1) is 13.7. The van der Waals surface area contributed by atoms with Crippen molar-refractivity contribution in [1.82, 2.24) is 0 Å². The van der Waals surface area contributed by atoms with E-state index in [0.29, 0.717) is 12.3 Å². The lowest BCUT2D eigenvalue weighted by Gasteiger charge is -2.05. The number of nitro groups is 1. The number of benzene rings is 1. The van der Waals surface area contributed by atoms with Gasteiger partial charge in [0, 0.05) is 11.8 Å². The lowest BCUT2D eigenvalue weighted by atomic mass is 10.3. The fraction of sp³-hybridized carbons (Fsp3) is 0.400. The van der Waals surface area contributed by atoms with Gasteiger partial charge in [0.2, 0.25) is 8.03 Å². The van der Waals surface area contributed by atoms with E-state index in [1.54, 1.807) is 0 Å². The summed E-state index contributed by atoms with van der Waals surface area (Å²) < 4.78 is 16.9. The second kappa shape index (κ2) is 6.37. The van der Waals surface area contributed by atoms with Crippen molar-refractivity contribution >= 4 is 24.7 Å². The molecule has 0 amide bonds. The molecule has 0 bridgehead atoms. The third-order valence-corrected chi connectivity index (χ3v) is 3.47. The first-order valence-corrected chi connectivity index (χ1v) is 6.59. The van der Waals surface area contributed by atoms with Gasteiger partial charge in [-0.05, 0) is 18.6 Å². The molecule has 0 fully saturated rings. The number of nitrogens with zero attached hydrogens (tertiary/aromatic N) is 1. The Morgan fingerprint density at radius 3 is 2.82 bits per heavy atom. The molecule has 1 rings (SSSR count). The monoisotopic (exact) mass is 258 g/mol. The fourth-order valence-corrected chi connectivity index (χ4v) is 2.42. The van der Waals surface area contributed by atoms with Crippen LogP contribution in [-0.4, -0.2) is 11.5 Å². The fourth-order valence-electron chi connectivity index (χ4n) is 1.26. The summed E-state index contributed by atoms with van der Waals surface area (Å²) in [5, 5.41) is 10.8. The first-order chi connectivity index (χ1) is 8.06. The predicted molar refractivity (Wildman–Crippen MR) is 67.0 cm³/mol. The molecule has 0 aromatic heterocycles. The molecule has 0 spiro atoms. The maximum Gasteiger partial charge on any atom is 0.282 e. The third-order valence-electron chi connectivity index (χ3n) is 2.17. The van der Waals surface area contributed by atoms with Gasteiger partial charge in [0.15, 0.2) is 0 Å². The number of unbranched alkanes of at least 4 members (excludes halogenated alkanes) is 1. The van der Waals surface area contributed by atoms with E-state index in [1.807, 2.05) is 6.92 Å². The summed E-state index contributed by atoms with van der Waals surface area (Å²) in [6.45, 7) is 2.31. The van der Waals surface area contributed by atoms with Crippen LogP contribution in [0.25, 0.3) is 0 Å². The maximum atomic E-state index is 11.8. The standard InChI is InChI=1S/C10H15N2O4P/c1-2-3-6-16-17(15)10-7-8(11)4-5-9(10)12(13)14/h4-5,7,17H,2-3,6,11H2,1H3. The van der Waals surface area contributed by atoms with Crippen molar-refractivity contribution in [1.29, 1.82) is 0 Å². The summed E-state index contributed by atoms with van der Waals surface area (Å²) in [5.74, 6) is 0. The molecule has 17 heavy (non-hydrogen) atoms. The summed E-state index contributed by atoms with van der Waals surface area (Å²) in [5.41, 5.74) is 5.65. The zero-order valence-electron chi connectivity index (χ0n) is 9.51. The van der Waals surface area contributed by atoms with Crippen LogP contribution in [0.15, 0.2) is 18.2 Å². The molecule has 0 aliphatic carbocycles. The van der Waals surface area contributed by atoms with Gasteiger partial charge in [0.25, 0.3) is 5.69 Å². The van der Waals surface area contributed by atoms with Crippen molar-refractivity contribution in [2.75, 3.05) is 12.3 Å². The number of hydrogen-bond acceptors (Lipinski definition) is 5. The Kier molecular flexibility index (Phi) is 5.12. The van der Waals surface area contributed by atoms with Gasteiger partial charge in [-0.1, -0.05) is 13.3 Å². The van der Waals surface area contributed by atoms with Crippen LogP contribution in [0.3, 0.4) is 0 Å². The number of hydrogen-bond donors (Lipinski definition) is 1. The van der Waals surface area contributed by atoms with Crippen molar-refractivity contribution in [3.8, 4) is 0 Å². The van der Waals surface area contributed by atoms with Crippen LogP contribution in [0.5, 0.6) is 0 Å². The van der Waals surface area contributed by atoms with Gasteiger partial charge in [-0.15, -0.1) is 0 Å². The molecule has 0 saturated heterocycles. The number of nitrogen functional groups attached to an aromatic ring is 1. The minimum absolute atomic E-state index is 0.0797. The topological polar surface area (TPSA) is 95.5 Å². The highest BCUT2D eigenvalue weighted by molar-refractivity contribution is 7.48. The van der Waals surface area contributed by atoms with Gasteiger partial charge in [0.1, 0.15) is 5.30 Å². The van der Waals surface area contributed by atoms with Crippen LogP contribution < -0.4 is 11.0 Å². The van der Waals surface area contributed by atoms with E-state index >= 15 is 0 Å². The highest BCUT2D eigenvalue weighted by Gasteiger charge is 2.19. The molecule has 0 saturated carbocycles. The molecule has 1 aromatic rings. The van der Waals surface area contributed by atoms with Gasteiger partial charge < -0.3 is 10.3 Å². The highest BCUT2D eigenvalue weighted by atomic mass is 31.1. The molecule has 0 radical (unpaired) electrons. The number of nitro benzene ring substituents is 1. The van der Waals surface area contributed by atoms with E-state index in [4.69, 9.17) is 10.3 Å². The Balaban J connectivity index is 2.90. The third kappa shape index (κ3) is 3.84. The Hall–Kier alpha value is -1.39. The molecule has 94 valence electrons. The van der Waals surface area contributed by atoms with Crippen molar-refractivity contribution in [2.45, 2.75) is 19.8 Å². The minimum atomic E-state index is -2.61. The second-order valence-electron chi connectivity index (χ2n) is 3.52. The summed E-state index contributed by atoms with van der Waals surface area (Å²) in [6, 6.07) is 3.99. The molecule has 1 unspecified atom stereocenters. The zero-order chi connectivity index (χ0) is 12.8. The van der Waals surface area contributed by atoms with Crippen LogP contribution in [0.4, 0.5) is 11.4 Å². The van der Waals surface area contributed by atoms with Gasteiger partial charge in [0.05, 0.1) is 11.5 Å². The minimum Gasteiger partial charge on any atom is -0.399 e. The molecular formula is C10H15N2O4P. The van der Waals surface area contributed by atoms with E-state index in [0.717, 1.165) is 12.8 Å². The van der Waals surface area contributed by atoms with Crippen LogP contribution in [0, 0.1) is 10.1 Å². The van der Waals surface area contributed by atoms with Crippen molar-refractivity contribution < 1.29 is 14.0 Å². The Morgan fingerprint density at radius 1 is 1.53 bits per heavy atom. The van der Waals surface area contributed by atoms with Gasteiger partial charge in [-0.2, -0.15) is 0 Å². The van der Waals surface area contributed by atoms with Crippen LogP contribution in [-0.2, 0) is 9.09 Å². The van der Waals surface area contributed by atoms with Gasteiger partial charge in [-0.25, -0.2) is 0 Å². The largest absolute Gasteiger partial charge is 0.399 e. The predicted octanol–water partition coefficient (Wildman–Crippen LogP) is 2.09. The molecule has 0 aliphatic heterocycles. The Labute approximate surface area is 99.8 Å². The number of rotatable bonds is 6. The van der Waals surface area contributed by atoms with Crippen LogP contribution in [0.1, 0.15) is 19.8 Å². The SMILES string of the molecule is CCCCO[PH](=O)c1cc(N)ccc1[N+](=O)[O-]. The summed E-state index contributed by atoms with van der Waals surface area (Å²) in [6.07, 6.45) is 1.68. The van der Waals surface area contributed by atoms with Crippen LogP contribution in [0.2, 0.25) is 0 Å². The van der Waals surface area contributed by atoms with E-state index in [9.17, 15) is 14.7 Å². The first-order valence-electron chi connectivity index (χ1n) is 5.27. The van der Waals surface area contributed by atoms with E-state index in [2.05, 4.69) is 0 Å². The van der Waals surface area contributed by atoms with E-state index < -0.39 is 13.0 Å². The molecule has 0 heterocycles. The lowest BCUT2D eigenvalue weighted by Crippen LogP contribution is -2.08. The summed E-state index contributed by atoms with van der Waals surface area (Å²) in [7, 11) is -2.61. The smallest absolute Gasteiger partial charge is 0.282 e. The van der Waals surface area contributed by atoms with E-state index in [-0.39, 0.29) is 11.0 Å². The second-order valence-corrected chi connectivity index (χ2v) is 4.93. The Bertz CT molecular complexity index is 436. The average Bonchev–Trinajstić information content (AvgIpc) is 2.28. The van der Waals surface area contributed by atoms with Crippen molar-refractivity contribution in [2.24, 2.45) is 0 Å². The maximum absolute atomic E-state index is 11.8. The molecule has 1 atom stereocenters. The average molecular weight is 258 g/mol. The summed E-state index contributed by atoms with van der Waals surface area (Å²) in [4.78, 5) is 10.2. The molecule has 0 aliphatic rings. The quantitative estimate of drug-likeness (QED) is 0.277. The lowest BCUT2D eigenvalue weighted by molar-refractivity contribution is -0.383. The molecule has 7 heteroatoms. The van der Waals surface area contributed by atoms with Crippen molar-refractivity contribution in [3.05, 3.63) is 28.3 Å². The molecule has 6 nitrogen and oxygen atoms in total. The molecule has 1 aromatic carbocycles. The zero-order valence-corrected chi connectivity index (χ0v) is 10.5. The van der Waals surface area contributed by atoms with Crippen LogP contribution >= 0.6 is 8.03 Å². The summed E-state index contributed by atoms with van der Waals surface area (Å²) >= 11 is 0. The van der Waals surface area contributed by atoms with Gasteiger partial charge in [-0.3, -0.25) is 14.7 Å². The molecular weight excluding hydrogens is 243 g/mol. The van der Waals surface area contributed by atoms with Gasteiger partial charge >= 0.3 is 0 Å². The normalized spacial score (nSPS) is 12.3. The highest BCUT2D eigenvalue weighted by Crippen LogP contribution is 2.28. The van der Waals surface area contributed by atoms with Crippen molar-refractivity contribution in [3.63, 3.8) is 0 Å². The number of anilines is 1. The Morgan fingerprint density at radius 2 is 2.24 bits per heavy atom. The molecule has 2 N–H and O–H groups in total. The number of nitrogens with two attached hydrogens (primary N) is 1.